The molecule has 0 heterocycles. The van der Waals surface area contributed by atoms with Crippen molar-refractivity contribution in [1.29, 1.82) is 0 Å². The van der Waals surface area contributed by atoms with Crippen molar-refractivity contribution in [3.8, 4) is 11.8 Å². The summed E-state index contributed by atoms with van der Waals surface area (Å²) in [4.78, 5) is 0.512. The third-order valence-corrected chi connectivity index (χ3v) is 8.46. The summed E-state index contributed by atoms with van der Waals surface area (Å²) in [6.07, 6.45) is 0. The van der Waals surface area contributed by atoms with E-state index in [1.807, 2.05) is 66.7 Å². The summed E-state index contributed by atoms with van der Waals surface area (Å²) in [5.41, 5.74) is 11.3. The summed E-state index contributed by atoms with van der Waals surface area (Å²) in [5, 5.41) is 6.72. The Hall–Kier alpha value is -3.77. The van der Waals surface area contributed by atoms with Crippen LogP contribution >= 0.6 is 23.4 Å². The first kappa shape index (κ1) is 27.3. The van der Waals surface area contributed by atoms with Gasteiger partial charge >= 0.3 is 0 Å². The summed E-state index contributed by atoms with van der Waals surface area (Å²) < 4.78 is 30.3. The number of hydrogen-bond donors (Lipinski definition) is 2. The molecule has 0 amide bonds. The van der Waals surface area contributed by atoms with Crippen molar-refractivity contribution in [2.45, 2.75) is 29.4 Å². The SMILES string of the molecule is C/C(C#Cc1ccccc1)=N\NC(N)=NS(=O)(=O)c1cc(C)c(Cl)cc1SCc1cccc2ccccc12. The number of hydrogen-bond acceptors (Lipinski definition) is 4. The van der Waals surface area contributed by atoms with Crippen molar-refractivity contribution in [1.82, 2.24) is 5.43 Å². The topological polar surface area (TPSA) is 96.9 Å². The van der Waals surface area contributed by atoms with Crippen molar-refractivity contribution in [3.05, 3.63) is 107 Å². The highest BCUT2D eigenvalue weighted by Gasteiger charge is 2.21. The molecule has 9 heteroatoms. The molecule has 4 aromatic rings. The number of nitrogens with one attached hydrogen (secondary N) is 1. The quantitative estimate of drug-likeness (QED) is 0.0974. The zero-order chi connectivity index (χ0) is 27.1. The van der Waals surface area contributed by atoms with Crippen molar-refractivity contribution < 1.29 is 8.42 Å². The van der Waals surface area contributed by atoms with Crippen LogP contribution in [0.15, 0.2) is 104 Å². The molecule has 3 N–H and O–H groups in total. The first-order valence-electron chi connectivity index (χ1n) is 11.6. The summed E-state index contributed by atoms with van der Waals surface area (Å²) in [6.45, 7) is 3.42. The number of fused-ring (bicyclic) bond motifs is 1. The molecule has 0 unspecified atom stereocenters. The maximum Gasteiger partial charge on any atom is 0.286 e. The van der Waals surface area contributed by atoms with Crippen LogP contribution in [-0.4, -0.2) is 20.1 Å². The van der Waals surface area contributed by atoms with Crippen molar-refractivity contribution in [2.75, 3.05) is 0 Å². The lowest BCUT2D eigenvalue weighted by atomic mass is 10.1. The predicted octanol–water partition coefficient (Wildman–Crippen LogP) is 6.11. The van der Waals surface area contributed by atoms with Gasteiger partial charge in [-0.25, -0.2) is 5.43 Å². The maximum atomic E-state index is 13.3. The number of nitrogens with zero attached hydrogens (tertiary/aromatic N) is 2. The van der Waals surface area contributed by atoms with Crippen LogP contribution < -0.4 is 11.2 Å². The van der Waals surface area contributed by atoms with Crippen molar-refractivity contribution in [3.63, 3.8) is 0 Å². The van der Waals surface area contributed by atoms with Crippen molar-refractivity contribution >= 4 is 55.8 Å². The van der Waals surface area contributed by atoms with Gasteiger partial charge in [0.25, 0.3) is 10.0 Å². The number of guanidine groups is 1. The van der Waals surface area contributed by atoms with Crippen LogP contribution in [0.1, 0.15) is 23.6 Å². The normalized spacial score (nSPS) is 12.2. The average Bonchev–Trinajstić information content (AvgIpc) is 2.91. The Morgan fingerprint density at radius 2 is 1.74 bits per heavy atom. The molecule has 0 radical (unpaired) electrons. The minimum atomic E-state index is -4.16. The van der Waals surface area contributed by atoms with E-state index in [9.17, 15) is 8.42 Å². The number of hydrazone groups is 1. The van der Waals surface area contributed by atoms with Gasteiger partial charge in [0, 0.05) is 21.2 Å². The van der Waals surface area contributed by atoms with Gasteiger partial charge in [-0.2, -0.15) is 13.5 Å². The van der Waals surface area contributed by atoms with E-state index < -0.39 is 10.0 Å². The largest absolute Gasteiger partial charge is 0.368 e. The first-order chi connectivity index (χ1) is 18.2. The van der Waals surface area contributed by atoms with Gasteiger partial charge in [0.15, 0.2) is 0 Å². The van der Waals surface area contributed by atoms with Crippen molar-refractivity contribution in [2.24, 2.45) is 15.2 Å². The zero-order valence-corrected chi connectivity index (χ0v) is 23.2. The molecule has 4 aromatic carbocycles. The first-order valence-corrected chi connectivity index (χ1v) is 14.4. The van der Waals surface area contributed by atoms with Gasteiger partial charge in [0.2, 0.25) is 5.96 Å². The van der Waals surface area contributed by atoms with E-state index in [1.54, 1.807) is 19.9 Å². The Morgan fingerprint density at radius 3 is 2.53 bits per heavy atom. The molecule has 6 nitrogen and oxygen atoms in total. The molecule has 0 aromatic heterocycles. The third-order valence-electron chi connectivity index (χ3n) is 5.48. The standard InChI is InChI=1S/C29H25ClN4O2S2/c1-20-17-28(27(18-26(20)30)37-19-24-13-8-12-23-11-6-7-14-25(23)24)38(35,36)34-29(31)33-32-21(2)15-16-22-9-4-3-5-10-22/h3-14,17-18H,19H2,1-2H3,(H3,31,33,34)/b32-21+. The molecule has 38 heavy (non-hydrogen) atoms. The lowest BCUT2D eigenvalue weighted by Gasteiger charge is -2.12. The Morgan fingerprint density at radius 1 is 1.03 bits per heavy atom. The smallest absolute Gasteiger partial charge is 0.286 e. The molecule has 0 aliphatic rings. The Labute approximate surface area is 232 Å². The number of thioether (sulfide) groups is 1. The fraction of sp³-hybridized carbons (Fsp3) is 0.103. The number of rotatable bonds is 6. The van der Waals surface area contributed by atoms with Gasteiger partial charge in [-0.3, -0.25) is 0 Å². The minimum Gasteiger partial charge on any atom is -0.368 e. The van der Waals surface area contributed by atoms with Crippen LogP contribution in [0.2, 0.25) is 5.02 Å². The predicted molar refractivity (Wildman–Crippen MR) is 158 cm³/mol. The average molecular weight is 561 g/mol. The second kappa shape index (κ2) is 12.2. The zero-order valence-electron chi connectivity index (χ0n) is 20.8. The van der Waals surface area contributed by atoms with Crippen LogP contribution in [0.4, 0.5) is 0 Å². The van der Waals surface area contributed by atoms with Crippen LogP contribution in [0, 0.1) is 18.8 Å². The summed E-state index contributed by atoms with van der Waals surface area (Å²) in [6, 6.07) is 26.7. The molecular formula is C29H25ClN4O2S2. The van der Waals surface area contributed by atoms with Gasteiger partial charge in [-0.05, 0) is 65.9 Å². The van der Waals surface area contributed by atoms with Crippen LogP contribution in [0.3, 0.4) is 0 Å². The number of benzene rings is 4. The molecule has 0 aliphatic heterocycles. The lowest BCUT2D eigenvalue weighted by molar-refractivity contribution is 0.595. The molecular weight excluding hydrogens is 536 g/mol. The second-order valence-corrected chi connectivity index (χ2v) is 11.3. The lowest BCUT2D eigenvalue weighted by Crippen LogP contribution is -2.29. The van der Waals surface area contributed by atoms with Crippen LogP contribution in [-0.2, 0) is 15.8 Å². The van der Waals surface area contributed by atoms with Crippen LogP contribution in [0.25, 0.3) is 10.8 Å². The highest BCUT2D eigenvalue weighted by atomic mass is 35.5. The monoisotopic (exact) mass is 560 g/mol. The highest BCUT2D eigenvalue weighted by Crippen LogP contribution is 2.35. The maximum absolute atomic E-state index is 13.3. The number of sulfonamides is 1. The molecule has 0 atom stereocenters. The summed E-state index contributed by atoms with van der Waals surface area (Å²) in [7, 11) is -4.16. The van der Waals surface area contributed by atoms with E-state index >= 15 is 0 Å². The Kier molecular flexibility index (Phi) is 8.74. The van der Waals surface area contributed by atoms with E-state index in [1.165, 1.54) is 17.8 Å². The number of halogens is 1. The minimum absolute atomic E-state index is 0.0268. The molecule has 4 rings (SSSR count). The van der Waals surface area contributed by atoms with Gasteiger partial charge in [-0.15, -0.1) is 16.2 Å². The van der Waals surface area contributed by atoms with Gasteiger partial charge < -0.3 is 5.73 Å². The van der Waals surface area contributed by atoms with Gasteiger partial charge in [-0.1, -0.05) is 78.2 Å². The van der Waals surface area contributed by atoms with E-state index in [2.05, 4.69) is 32.8 Å². The van der Waals surface area contributed by atoms with Gasteiger partial charge in [0.1, 0.15) is 10.6 Å². The molecule has 192 valence electrons. The van der Waals surface area contributed by atoms with E-state index in [-0.39, 0.29) is 10.9 Å². The van der Waals surface area contributed by atoms with Crippen LogP contribution in [0.5, 0.6) is 0 Å². The third kappa shape index (κ3) is 6.95. The van der Waals surface area contributed by atoms with E-state index in [0.29, 0.717) is 26.9 Å². The molecule has 0 aliphatic carbocycles. The molecule has 0 saturated carbocycles. The fourth-order valence-electron chi connectivity index (χ4n) is 3.58. The fourth-order valence-corrected chi connectivity index (χ4v) is 6.30. The van der Waals surface area contributed by atoms with E-state index in [4.69, 9.17) is 17.3 Å². The summed E-state index contributed by atoms with van der Waals surface area (Å²) in [5.74, 6) is 6.01. The number of nitrogens with two attached hydrogens (primary N) is 1. The van der Waals surface area contributed by atoms with Gasteiger partial charge in [0.05, 0.1) is 0 Å². The number of aryl methyl sites for hydroxylation is 1. The van der Waals surface area contributed by atoms with E-state index in [0.717, 1.165) is 21.9 Å². The highest BCUT2D eigenvalue weighted by molar-refractivity contribution is 7.99. The molecule has 0 fully saturated rings. The molecule has 0 saturated heterocycles. The summed E-state index contributed by atoms with van der Waals surface area (Å²) >= 11 is 7.74. The molecule has 0 spiro atoms. The Balaban J connectivity index is 1.56. The molecule has 0 bridgehead atoms. The second-order valence-electron chi connectivity index (χ2n) is 8.35. The Bertz CT molecular complexity index is 1700.